The summed E-state index contributed by atoms with van der Waals surface area (Å²) in [5.74, 6) is -6.93. The van der Waals surface area contributed by atoms with Gasteiger partial charge in [-0.2, -0.15) is 26.3 Å². The van der Waals surface area contributed by atoms with Crippen LogP contribution in [0.3, 0.4) is 0 Å². The van der Waals surface area contributed by atoms with Crippen LogP contribution < -0.4 is 31.9 Å². The monoisotopic (exact) mass is 1110 g/mol. The zero-order valence-electron chi connectivity index (χ0n) is 45.1. The van der Waals surface area contributed by atoms with E-state index in [4.69, 9.17) is 0 Å². The highest BCUT2D eigenvalue weighted by Crippen LogP contribution is 2.27. The molecule has 2 saturated heterocycles. The van der Waals surface area contributed by atoms with Gasteiger partial charge in [-0.05, 0) is 103 Å². The van der Waals surface area contributed by atoms with E-state index in [1.807, 2.05) is 0 Å². The summed E-state index contributed by atoms with van der Waals surface area (Å²) < 4.78 is 82.5. The number of carbonyl (C=O) groups is 8. The number of unbranched alkanes of at least 4 members (excludes halogenated alkanes) is 3. The fourth-order valence-electron chi connectivity index (χ4n) is 9.43. The molecule has 8 amide bonds. The van der Waals surface area contributed by atoms with Crippen LogP contribution in [0, 0.1) is 0 Å². The van der Waals surface area contributed by atoms with Gasteiger partial charge in [0, 0.05) is 77.3 Å². The standard InChI is InChI=1S/C54H78F6N10O8/c1-37(61-3)47(73)65-43(49(75)69-31-15-21-41(69)35-67(51(77)53(55,56)57)33-27-39-17-9-7-10-18-39)23-25-45(71)63-29-13-5-6-14-30-64-46(72)26-24-44(66-48(74)38(2)62-4)50(76)70-32-16-22-42(70)36-68(52(78)54(58,59)60)34-28-40-19-11-8-12-20-40/h7-12,17-20,37-38,41-44,61-62H,5-6,13-16,21-36H2,1-4H3,(H,63,71)(H,64,72)(H,65,73)(H,66,74)/t37-,38+,41-,42-,43-,44-/m0/s1. The number of hydrogen-bond acceptors (Lipinski definition) is 10. The molecule has 0 spiro atoms. The molecule has 4 rings (SSSR count). The van der Waals surface area contributed by atoms with E-state index >= 15 is 0 Å². The molecule has 0 aromatic heterocycles. The maximum absolute atomic E-state index is 14.1. The van der Waals surface area contributed by atoms with Gasteiger partial charge in [-0.25, -0.2) is 0 Å². The van der Waals surface area contributed by atoms with Crippen LogP contribution in [-0.2, 0) is 51.2 Å². The van der Waals surface area contributed by atoms with Gasteiger partial charge in [0.1, 0.15) is 12.1 Å². The smallest absolute Gasteiger partial charge is 0.356 e. The molecule has 0 radical (unpaired) electrons. The van der Waals surface area contributed by atoms with Crippen molar-refractivity contribution in [2.75, 3.05) is 66.5 Å². The fraction of sp³-hybridized carbons (Fsp3) is 0.630. The van der Waals surface area contributed by atoms with Crippen LogP contribution in [0.25, 0.3) is 0 Å². The average Bonchev–Trinajstić information content (AvgIpc) is 4.10. The molecule has 78 heavy (non-hydrogen) atoms. The lowest BCUT2D eigenvalue weighted by atomic mass is 10.1. The van der Waals surface area contributed by atoms with E-state index < -0.39 is 84.0 Å². The summed E-state index contributed by atoms with van der Waals surface area (Å²) in [7, 11) is 3.11. The molecular formula is C54H78F6N10O8. The van der Waals surface area contributed by atoms with Crippen LogP contribution in [0.5, 0.6) is 0 Å². The summed E-state index contributed by atoms with van der Waals surface area (Å²) in [6.07, 6.45) is -6.29. The van der Waals surface area contributed by atoms with E-state index in [1.54, 1.807) is 88.6 Å². The second-order valence-corrected chi connectivity index (χ2v) is 20.0. The SMILES string of the molecule is CN[C@@H](C)C(=O)N[C@@H](CCC(=O)NCCCCCCNC(=O)CC[C@H](NC(=O)[C@@H](C)NC)C(=O)N1CCC[C@H]1CN(CCc1ccccc1)C(=O)C(F)(F)F)C(=O)N1CCC[C@H]1CN(CCc1ccccc1)C(=O)C(F)(F)F. The van der Waals surface area contributed by atoms with Gasteiger partial charge < -0.3 is 51.5 Å². The van der Waals surface area contributed by atoms with Gasteiger partial charge in [0.25, 0.3) is 0 Å². The Balaban J connectivity index is 1.23. The first-order valence-electron chi connectivity index (χ1n) is 26.9. The van der Waals surface area contributed by atoms with Crippen molar-refractivity contribution in [1.29, 1.82) is 0 Å². The number of carbonyl (C=O) groups excluding carboxylic acids is 8. The molecular weight excluding hydrogens is 1030 g/mol. The summed E-state index contributed by atoms with van der Waals surface area (Å²) in [5.41, 5.74) is 1.48. The van der Waals surface area contributed by atoms with Crippen molar-refractivity contribution >= 4 is 47.3 Å². The zero-order chi connectivity index (χ0) is 57.4. The van der Waals surface area contributed by atoms with Crippen molar-refractivity contribution in [3.63, 3.8) is 0 Å². The molecule has 0 aliphatic carbocycles. The number of nitrogens with zero attached hydrogens (tertiary/aromatic N) is 4. The molecule has 24 heteroatoms. The number of benzene rings is 2. The molecule has 2 aliphatic heterocycles. The third-order valence-electron chi connectivity index (χ3n) is 14.2. The Morgan fingerprint density at radius 3 is 1.26 bits per heavy atom. The number of hydrogen-bond donors (Lipinski definition) is 6. The molecule has 2 aromatic rings. The van der Waals surface area contributed by atoms with Gasteiger partial charge in [-0.1, -0.05) is 73.5 Å². The number of rotatable bonds is 31. The van der Waals surface area contributed by atoms with E-state index in [0.717, 1.165) is 20.9 Å². The maximum atomic E-state index is 14.1. The molecule has 2 heterocycles. The number of halogens is 6. The van der Waals surface area contributed by atoms with E-state index in [2.05, 4.69) is 31.9 Å². The molecule has 434 valence electrons. The van der Waals surface area contributed by atoms with Crippen LogP contribution in [0.2, 0.25) is 0 Å². The van der Waals surface area contributed by atoms with Gasteiger partial charge >= 0.3 is 24.2 Å². The highest BCUT2D eigenvalue weighted by molar-refractivity contribution is 5.91. The number of amides is 8. The van der Waals surface area contributed by atoms with Crippen LogP contribution in [0.1, 0.15) is 102 Å². The minimum absolute atomic E-state index is 0.0913. The second-order valence-electron chi connectivity index (χ2n) is 20.0. The lowest BCUT2D eigenvalue weighted by Crippen LogP contribution is -2.55. The highest BCUT2D eigenvalue weighted by Gasteiger charge is 2.46. The quantitative estimate of drug-likeness (QED) is 0.0474. The minimum Gasteiger partial charge on any atom is -0.356 e. The molecule has 2 fully saturated rings. The molecule has 2 aromatic carbocycles. The lowest BCUT2D eigenvalue weighted by molar-refractivity contribution is -0.186. The molecule has 2 aliphatic rings. The van der Waals surface area contributed by atoms with Crippen LogP contribution in [0.4, 0.5) is 26.3 Å². The Labute approximate surface area is 452 Å². The first-order chi connectivity index (χ1) is 37.0. The lowest BCUT2D eigenvalue weighted by Gasteiger charge is -2.33. The molecule has 6 atom stereocenters. The Kier molecular flexibility index (Phi) is 26.3. The predicted octanol–water partition coefficient (Wildman–Crippen LogP) is 3.77. The Bertz CT molecular complexity index is 2110. The highest BCUT2D eigenvalue weighted by atomic mass is 19.4. The molecule has 0 saturated carbocycles. The molecule has 0 unspecified atom stereocenters. The minimum atomic E-state index is -5.13. The number of nitrogens with one attached hydrogen (secondary N) is 6. The van der Waals surface area contributed by atoms with E-state index in [0.29, 0.717) is 64.5 Å². The Hall–Kier alpha value is -6.30. The first-order valence-corrected chi connectivity index (χ1v) is 26.9. The summed E-state index contributed by atoms with van der Waals surface area (Å²) in [4.78, 5) is 109. The van der Waals surface area contributed by atoms with Gasteiger partial charge in [-0.15, -0.1) is 0 Å². The molecule has 18 nitrogen and oxygen atoms in total. The van der Waals surface area contributed by atoms with E-state index in [-0.39, 0.29) is 89.6 Å². The maximum Gasteiger partial charge on any atom is 0.471 e. The third kappa shape index (κ3) is 21.2. The van der Waals surface area contributed by atoms with Crippen molar-refractivity contribution in [1.82, 2.24) is 51.5 Å². The van der Waals surface area contributed by atoms with Gasteiger partial charge in [0.2, 0.25) is 35.4 Å². The van der Waals surface area contributed by atoms with Crippen LogP contribution in [-0.4, -0.2) is 182 Å². The summed E-state index contributed by atoms with van der Waals surface area (Å²) >= 11 is 0. The fourth-order valence-corrected chi connectivity index (χ4v) is 9.43. The van der Waals surface area contributed by atoms with Crippen molar-refractivity contribution in [3.05, 3.63) is 71.8 Å². The van der Waals surface area contributed by atoms with Gasteiger partial charge in [0.15, 0.2) is 0 Å². The average molecular weight is 1110 g/mol. The van der Waals surface area contributed by atoms with Crippen molar-refractivity contribution in [2.45, 2.75) is 152 Å². The van der Waals surface area contributed by atoms with E-state index in [1.165, 1.54) is 9.80 Å². The Morgan fingerprint density at radius 2 is 0.923 bits per heavy atom. The largest absolute Gasteiger partial charge is 0.471 e. The first kappa shape index (κ1) is 64.2. The number of likely N-dealkylation sites (tertiary alicyclic amines) is 2. The van der Waals surface area contributed by atoms with Gasteiger partial charge in [0.05, 0.1) is 12.1 Å². The normalized spacial score (nSPS) is 17.1. The van der Waals surface area contributed by atoms with Crippen molar-refractivity contribution in [3.8, 4) is 0 Å². The van der Waals surface area contributed by atoms with Crippen LogP contribution >= 0.6 is 0 Å². The number of likely N-dealkylation sites (N-methyl/N-ethyl adjacent to an activating group) is 2. The zero-order valence-corrected chi connectivity index (χ0v) is 45.1. The van der Waals surface area contributed by atoms with Crippen molar-refractivity contribution < 1.29 is 64.7 Å². The van der Waals surface area contributed by atoms with Gasteiger partial charge in [-0.3, -0.25) is 38.4 Å². The summed E-state index contributed by atoms with van der Waals surface area (Å²) in [5, 5.41) is 16.6. The number of alkyl halides is 6. The van der Waals surface area contributed by atoms with Crippen LogP contribution in [0.15, 0.2) is 60.7 Å². The topological polar surface area (TPSA) is 222 Å². The predicted molar refractivity (Wildman–Crippen MR) is 279 cm³/mol. The second kappa shape index (κ2) is 31.9. The summed E-state index contributed by atoms with van der Waals surface area (Å²) in [6, 6.07) is 12.3. The molecule has 6 N–H and O–H groups in total. The summed E-state index contributed by atoms with van der Waals surface area (Å²) in [6.45, 7) is 2.97. The van der Waals surface area contributed by atoms with E-state index in [9.17, 15) is 64.7 Å². The Morgan fingerprint density at radius 1 is 0.564 bits per heavy atom. The third-order valence-corrected chi connectivity index (χ3v) is 14.2. The van der Waals surface area contributed by atoms with Crippen molar-refractivity contribution in [2.24, 2.45) is 0 Å². The molecule has 0 bridgehead atoms.